The van der Waals surface area contributed by atoms with Crippen molar-refractivity contribution in [3.63, 3.8) is 0 Å². The van der Waals surface area contributed by atoms with Crippen LogP contribution in [0.15, 0.2) is 65.8 Å². The van der Waals surface area contributed by atoms with Crippen molar-refractivity contribution < 1.29 is 14.3 Å². The minimum atomic E-state index is -0.261. The van der Waals surface area contributed by atoms with Gasteiger partial charge in [-0.1, -0.05) is 19.1 Å². The number of Topliss-reactive ketones (excluding diaryl/α,β-unsaturated/α-hetero) is 1. The molecule has 158 valence electrons. The number of ketones is 1. The molecule has 1 aliphatic carbocycles. The van der Waals surface area contributed by atoms with Gasteiger partial charge in [0, 0.05) is 35.2 Å². The summed E-state index contributed by atoms with van der Waals surface area (Å²) in [4.78, 5) is 30.0. The van der Waals surface area contributed by atoms with Gasteiger partial charge in [0.05, 0.1) is 5.56 Å². The molecule has 0 radical (unpaired) electrons. The summed E-state index contributed by atoms with van der Waals surface area (Å²) in [6, 6.07) is 15.4. The number of hydrogen-bond acceptors (Lipinski definition) is 5. The van der Waals surface area contributed by atoms with E-state index in [4.69, 9.17) is 4.74 Å². The first kappa shape index (κ1) is 21.1. The molecule has 1 heterocycles. The fourth-order valence-corrected chi connectivity index (χ4v) is 4.69. The summed E-state index contributed by atoms with van der Waals surface area (Å²) in [7, 11) is 0. The average Bonchev–Trinajstić information content (AvgIpc) is 3.08. The van der Waals surface area contributed by atoms with Crippen LogP contribution in [0.3, 0.4) is 0 Å². The Kier molecular flexibility index (Phi) is 6.37. The molecule has 1 amide bonds. The monoisotopic (exact) mass is 432 g/mol. The molecule has 4 rings (SSSR count). The Morgan fingerprint density at radius 1 is 1.19 bits per heavy atom. The maximum absolute atomic E-state index is 12.4. The van der Waals surface area contributed by atoms with Gasteiger partial charge in [0.2, 0.25) is 0 Å². The van der Waals surface area contributed by atoms with Gasteiger partial charge < -0.3 is 10.1 Å². The molecule has 0 saturated carbocycles. The zero-order valence-corrected chi connectivity index (χ0v) is 18.4. The van der Waals surface area contributed by atoms with Gasteiger partial charge in [-0.15, -0.1) is 11.8 Å². The first-order valence-electron chi connectivity index (χ1n) is 10.2. The molecule has 0 bridgehead atoms. The smallest absolute Gasteiger partial charge is 0.262 e. The Bertz CT molecular complexity index is 1100. The summed E-state index contributed by atoms with van der Waals surface area (Å²) in [5.41, 5.74) is 4.64. The number of amides is 1. The first-order chi connectivity index (χ1) is 15.0. The molecule has 1 atom stereocenters. The van der Waals surface area contributed by atoms with E-state index in [0.717, 1.165) is 27.3 Å². The van der Waals surface area contributed by atoms with Gasteiger partial charge in [-0.2, -0.15) is 0 Å². The van der Waals surface area contributed by atoms with E-state index in [1.807, 2.05) is 62.5 Å². The molecule has 5 nitrogen and oxygen atoms in total. The van der Waals surface area contributed by atoms with E-state index in [1.54, 1.807) is 24.0 Å². The van der Waals surface area contributed by atoms with E-state index in [-0.39, 0.29) is 24.2 Å². The Morgan fingerprint density at radius 3 is 2.74 bits per heavy atom. The van der Waals surface area contributed by atoms with Gasteiger partial charge in [0.25, 0.3) is 5.91 Å². The summed E-state index contributed by atoms with van der Waals surface area (Å²) < 4.78 is 5.72. The van der Waals surface area contributed by atoms with Crippen molar-refractivity contribution in [2.45, 2.75) is 36.8 Å². The highest BCUT2D eigenvalue weighted by Crippen LogP contribution is 2.40. The van der Waals surface area contributed by atoms with Gasteiger partial charge >= 0.3 is 0 Å². The fourth-order valence-electron chi connectivity index (χ4n) is 3.85. The first-order valence-corrected chi connectivity index (χ1v) is 11.2. The Labute approximate surface area is 186 Å². The van der Waals surface area contributed by atoms with E-state index in [2.05, 4.69) is 10.3 Å². The quantitative estimate of drug-likeness (QED) is 0.507. The maximum Gasteiger partial charge on any atom is 0.262 e. The number of fused-ring (bicyclic) bond motifs is 1. The zero-order chi connectivity index (χ0) is 21.8. The highest BCUT2D eigenvalue weighted by molar-refractivity contribution is 7.98. The number of aromatic nitrogens is 1. The van der Waals surface area contributed by atoms with E-state index < -0.39 is 0 Å². The van der Waals surface area contributed by atoms with Crippen LogP contribution in [-0.4, -0.2) is 23.3 Å². The lowest BCUT2D eigenvalue weighted by Crippen LogP contribution is -2.20. The summed E-state index contributed by atoms with van der Waals surface area (Å²) >= 11 is 1.71. The molecule has 2 aromatic carbocycles. The second-order valence-corrected chi connectivity index (χ2v) is 8.76. The van der Waals surface area contributed by atoms with Crippen LogP contribution in [0.5, 0.6) is 5.75 Å². The summed E-state index contributed by atoms with van der Waals surface area (Å²) in [5, 5.41) is 2.84. The number of hydrogen-bond donors (Lipinski definition) is 1. The Hall–Kier alpha value is -3.12. The number of ether oxygens (including phenoxy) is 1. The summed E-state index contributed by atoms with van der Waals surface area (Å²) in [5.74, 6) is 1.34. The molecule has 0 unspecified atom stereocenters. The average molecular weight is 433 g/mol. The van der Waals surface area contributed by atoms with Gasteiger partial charge in [0.15, 0.2) is 12.4 Å². The lowest BCUT2D eigenvalue weighted by Gasteiger charge is -2.13. The third-order valence-electron chi connectivity index (χ3n) is 5.31. The minimum Gasteiger partial charge on any atom is -0.483 e. The van der Waals surface area contributed by atoms with Crippen LogP contribution in [0, 0.1) is 6.92 Å². The maximum atomic E-state index is 12.4. The number of nitrogens with zero attached hydrogens (tertiary/aromatic N) is 1. The summed E-state index contributed by atoms with van der Waals surface area (Å²) in [6.07, 6.45) is 4.12. The minimum absolute atomic E-state index is 0.0842. The summed E-state index contributed by atoms with van der Waals surface area (Å²) in [6.45, 7) is 3.91. The highest BCUT2D eigenvalue weighted by atomic mass is 32.2. The van der Waals surface area contributed by atoms with Crippen molar-refractivity contribution in [2.24, 2.45) is 0 Å². The molecular weight excluding hydrogens is 408 g/mol. The van der Waals surface area contributed by atoms with Crippen molar-refractivity contribution in [3.8, 4) is 5.75 Å². The molecule has 0 saturated heterocycles. The van der Waals surface area contributed by atoms with Crippen molar-refractivity contribution in [1.29, 1.82) is 0 Å². The number of aryl methyl sites for hydroxylation is 1. The molecule has 0 aliphatic heterocycles. The van der Waals surface area contributed by atoms with Gasteiger partial charge in [-0.25, -0.2) is 0 Å². The highest BCUT2D eigenvalue weighted by Gasteiger charge is 2.31. The van der Waals surface area contributed by atoms with Crippen LogP contribution < -0.4 is 10.1 Å². The fraction of sp³-hybridized carbons (Fsp3) is 0.240. The second-order valence-electron chi connectivity index (χ2n) is 7.71. The van der Waals surface area contributed by atoms with Crippen LogP contribution in [0.2, 0.25) is 0 Å². The van der Waals surface area contributed by atoms with Gasteiger partial charge in [0.1, 0.15) is 5.75 Å². The molecule has 0 fully saturated rings. The SMILES string of the molecule is Cc1ccc(OCC(=O)Nc2ccc(SCc3cccnc3)cc2)c2c1[C@@H](C)CC2=O. The van der Waals surface area contributed by atoms with E-state index in [9.17, 15) is 9.59 Å². The number of carbonyl (C=O) groups is 2. The van der Waals surface area contributed by atoms with Crippen LogP contribution in [-0.2, 0) is 10.5 Å². The Morgan fingerprint density at radius 2 is 2.00 bits per heavy atom. The molecule has 1 aromatic heterocycles. The van der Waals surface area contributed by atoms with Crippen molar-refractivity contribution in [2.75, 3.05) is 11.9 Å². The van der Waals surface area contributed by atoms with E-state index in [1.165, 1.54) is 0 Å². The number of benzene rings is 2. The molecule has 31 heavy (non-hydrogen) atoms. The number of anilines is 1. The van der Waals surface area contributed by atoms with Crippen LogP contribution >= 0.6 is 11.8 Å². The predicted molar refractivity (Wildman–Crippen MR) is 123 cm³/mol. The molecule has 0 spiro atoms. The normalized spacial score (nSPS) is 14.9. The third kappa shape index (κ3) is 4.97. The number of rotatable bonds is 7. The molecule has 1 aliphatic rings. The van der Waals surface area contributed by atoms with Crippen LogP contribution in [0.4, 0.5) is 5.69 Å². The number of pyridine rings is 1. The largest absolute Gasteiger partial charge is 0.483 e. The molecule has 6 heteroatoms. The topological polar surface area (TPSA) is 68.3 Å². The van der Waals surface area contributed by atoms with Crippen molar-refractivity contribution in [3.05, 3.63) is 83.2 Å². The molecule has 3 aromatic rings. The number of carbonyl (C=O) groups excluding carboxylic acids is 2. The van der Waals surface area contributed by atoms with Crippen LogP contribution in [0.1, 0.15) is 46.3 Å². The third-order valence-corrected chi connectivity index (χ3v) is 6.40. The van der Waals surface area contributed by atoms with Gasteiger partial charge in [-0.05, 0) is 65.9 Å². The predicted octanol–water partition coefficient (Wildman–Crippen LogP) is 5.39. The second kappa shape index (κ2) is 9.35. The number of thioether (sulfide) groups is 1. The zero-order valence-electron chi connectivity index (χ0n) is 17.6. The molecular formula is C25H24N2O3S. The van der Waals surface area contributed by atoms with Crippen molar-refractivity contribution in [1.82, 2.24) is 4.98 Å². The van der Waals surface area contributed by atoms with E-state index in [0.29, 0.717) is 23.4 Å². The lowest BCUT2D eigenvalue weighted by molar-refractivity contribution is -0.118. The lowest BCUT2D eigenvalue weighted by atomic mass is 9.97. The van der Waals surface area contributed by atoms with Crippen molar-refractivity contribution >= 4 is 29.1 Å². The van der Waals surface area contributed by atoms with E-state index >= 15 is 0 Å². The number of nitrogens with one attached hydrogen (secondary N) is 1. The molecule has 1 N–H and O–H groups in total. The Balaban J connectivity index is 1.32. The van der Waals surface area contributed by atoms with Gasteiger partial charge in [-0.3, -0.25) is 14.6 Å². The standard InChI is InChI=1S/C25H24N2O3S/c1-16-5-10-22(25-21(28)12-17(2)24(16)25)30-14-23(29)27-19-6-8-20(9-7-19)31-15-18-4-3-11-26-13-18/h3-11,13,17H,12,14-15H2,1-2H3,(H,27,29)/t17-/m0/s1. The van der Waals surface area contributed by atoms with Crippen LogP contribution in [0.25, 0.3) is 0 Å².